The Morgan fingerprint density at radius 1 is 1.25 bits per heavy atom. The van der Waals surface area contributed by atoms with Gasteiger partial charge in [-0.05, 0) is 11.0 Å². The zero-order valence-corrected chi connectivity index (χ0v) is 1.79. The molecule has 0 rings (SSSR count). The van der Waals surface area contributed by atoms with Gasteiger partial charge in [0.15, 0.2) is 0 Å². The van der Waals surface area contributed by atoms with Gasteiger partial charge in [0, 0.05) is 0 Å². The highest BCUT2D eigenvalue weighted by molar-refractivity contribution is 5.75. The fourth-order valence-corrected chi connectivity index (χ4v) is 0. The van der Waals surface area contributed by atoms with Crippen LogP contribution in [-0.2, 0) is 0 Å². The van der Waals surface area contributed by atoms with Gasteiger partial charge in [-0.25, -0.2) is 0 Å². The summed E-state index contributed by atoms with van der Waals surface area (Å²) in [5.74, 6) is 0. The van der Waals surface area contributed by atoms with Crippen molar-refractivity contribution in [1.29, 1.82) is 0 Å². The zero-order valence-electron chi connectivity index (χ0n) is 1.79. The van der Waals surface area contributed by atoms with Crippen LogP contribution < -0.4 is 0 Å². The molecule has 0 fully saturated rings. The summed E-state index contributed by atoms with van der Waals surface area (Å²) < 4.78 is 9.50. The summed E-state index contributed by atoms with van der Waals surface area (Å²) in [6.07, 6.45) is 0. The van der Waals surface area contributed by atoms with Crippen molar-refractivity contribution >= 4 is 11.0 Å². The van der Waals surface area contributed by atoms with Gasteiger partial charge >= 0.3 is 0 Å². The number of hydrogen-bond acceptors (Lipinski definition) is 0. The minimum absolute atomic E-state index is 0. The molecule has 0 aliphatic rings. The highest BCUT2D eigenvalue weighted by Crippen LogP contribution is 1.16. The van der Waals surface area contributed by atoms with Gasteiger partial charge in [0.1, 0.15) is 0 Å². The van der Waals surface area contributed by atoms with Crippen LogP contribution in [0.3, 0.4) is 0 Å². The van der Waals surface area contributed by atoms with Gasteiger partial charge < -0.3 is 0 Å². The summed E-state index contributed by atoms with van der Waals surface area (Å²) in [5, 5.41) is 0. The number of alkyl halides is 1. The minimum Gasteiger partial charge on any atom is -0.269 e. The van der Waals surface area contributed by atoms with E-state index in [1.54, 1.807) is 0 Å². The third-order valence-electron chi connectivity index (χ3n) is 0. The first-order chi connectivity index (χ1) is 1.00. The molecule has 0 saturated carbocycles. The Bertz CT molecular complexity index is 6.00. The quantitative estimate of drug-likeness (QED) is 0.341. The van der Waals surface area contributed by atoms with Crippen LogP contribution in [0, 0.1) is 0 Å². The monoisotopic (exact) mass is 86.0 g/mol. The molecule has 0 nitrogen and oxygen atoms in total. The van der Waals surface area contributed by atoms with E-state index >= 15 is 0 Å². The van der Waals surface area contributed by atoms with Crippen molar-refractivity contribution in [1.82, 2.24) is 0 Å². The molecule has 0 amide bonds. The van der Waals surface area contributed by atoms with E-state index in [9.17, 15) is 4.39 Å². The first-order valence-electron chi connectivity index (χ1n) is 0.378. The molecule has 0 aromatic heterocycles. The highest BCUT2D eigenvalue weighted by Gasteiger charge is 0.926. The maximum atomic E-state index is 9.50. The minimum atomic E-state index is 0. The van der Waals surface area contributed by atoms with Gasteiger partial charge in [-0.1, -0.05) is 0 Å². The molecule has 0 heterocycles. The van der Waals surface area contributed by atoms with Crippen LogP contribution in [0.25, 0.3) is 0 Å². The molecule has 0 aromatic carbocycles. The van der Waals surface area contributed by atoms with Crippen molar-refractivity contribution in [3.8, 4) is 0 Å². The van der Waals surface area contributed by atoms with E-state index in [1.165, 1.54) is 0 Å². The van der Waals surface area contributed by atoms with Crippen LogP contribution in [0.5, 0.6) is 0 Å². The van der Waals surface area contributed by atoms with Crippen LogP contribution in [0.15, 0.2) is 0 Å². The third kappa shape index (κ3) is 407. The van der Waals surface area contributed by atoms with Crippen LogP contribution in [0.2, 0.25) is 0 Å². The fourth-order valence-electron chi connectivity index (χ4n) is 0. The Hall–Kier alpha value is 0.0769. The molecule has 0 unspecified atom stereocenters. The molecule has 0 spiro atoms. The summed E-state index contributed by atoms with van der Waals surface area (Å²) in [5.41, 5.74) is 0. The van der Waals surface area contributed by atoms with E-state index in [4.69, 9.17) is 0 Å². The molecule has 0 bridgehead atoms. The molecule has 30 valence electrons. The van der Waals surface area contributed by atoms with Crippen molar-refractivity contribution in [2.24, 2.45) is 0 Å². The smallest absolute Gasteiger partial charge is 0.0785 e. The Morgan fingerprint density at radius 3 is 1.25 bits per heavy atom. The molecule has 0 atom stereocenters. The van der Waals surface area contributed by atoms with E-state index in [2.05, 4.69) is 0 Å². The SMILES string of the molecule is CF.F.[SiH4]. The largest absolute Gasteiger partial charge is 0.269 e. The lowest BCUT2D eigenvalue weighted by Gasteiger charge is -1.10. The molecular weight excluding hydrogens is 78.1 g/mol. The first kappa shape index (κ1) is 33.3. The molecule has 0 radical (unpaired) electrons. The lowest BCUT2D eigenvalue weighted by Crippen LogP contribution is -0.939. The van der Waals surface area contributed by atoms with Crippen molar-refractivity contribution in [2.45, 2.75) is 0 Å². The normalized spacial score (nSPS) is 1.50. The lowest BCUT2D eigenvalue weighted by atomic mass is 11.9. The van der Waals surface area contributed by atoms with Crippen LogP contribution in [0.4, 0.5) is 9.09 Å². The fraction of sp³-hybridized carbons (Fsp3) is 1.00. The van der Waals surface area contributed by atoms with E-state index in [0.717, 1.165) is 0 Å². The van der Waals surface area contributed by atoms with Gasteiger partial charge in [-0.2, -0.15) is 0 Å². The Kier molecular flexibility index (Phi) is 18700. The van der Waals surface area contributed by atoms with Gasteiger partial charge in [-0.3, -0.25) is 9.09 Å². The van der Waals surface area contributed by atoms with Crippen molar-refractivity contribution in [3.05, 3.63) is 0 Å². The van der Waals surface area contributed by atoms with Crippen LogP contribution >= 0.6 is 0 Å². The number of hydrogen-bond donors (Lipinski definition) is 0. The van der Waals surface area contributed by atoms with Gasteiger partial charge in [0.25, 0.3) is 0 Å². The van der Waals surface area contributed by atoms with E-state index < -0.39 is 0 Å². The molecular formula is CH8F2Si. The highest BCUT2D eigenvalue weighted by atomic mass is 28.1. The van der Waals surface area contributed by atoms with E-state index in [1.807, 2.05) is 0 Å². The van der Waals surface area contributed by atoms with Gasteiger partial charge in [0.2, 0.25) is 0 Å². The number of halogens is 2. The summed E-state index contributed by atoms with van der Waals surface area (Å²) in [6, 6.07) is 0. The van der Waals surface area contributed by atoms with E-state index in [-0.39, 0.29) is 15.7 Å². The molecule has 0 saturated heterocycles. The third-order valence-corrected chi connectivity index (χ3v) is 0. The summed E-state index contributed by atoms with van der Waals surface area (Å²) >= 11 is 0. The second-order valence-corrected chi connectivity index (χ2v) is 0. The molecule has 0 N–H and O–H groups in total. The lowest BCUT2D eigenvalue weighted by molar-refractivity contribution is 0.636. The Balaban J connectivity index is -0.00000000500. The second-order valence-electron chi connectivity index (χ2n) is 0. The maximum absolute atomic E-state index is 9.50. The maximum Gasteiger partial charge on any atom is 0.0785 e. The molecule has 0 aromatic rings. The van der Waals surface area contributed by atoms with Crippen molar-refractivity contribution in [2.75, 3.05) is 7.18 Å². The Labute approximate surface area is 28.4 Å². The van der Waals surface area contributed by atoms with Crippen LogP contribution in [-0.4, -0.2) is 18.1 Å². The predicted octanol–water partition coefficient (Wildman–Crippen LogP) is -0.713. The topological polar surface area (TPSA) is 0 Å². The van der Waals surface area contributed by atoms with Gasteiger partial charge in [0.05, 0.1) is 7.18 Å². The number of rotatable bonds is 0. The average molecular weight is 86.2 g/mol. The predicted molar refractivity (Wildman–Crippen MR) is 20.9 cm³/mol. The van der Waals surface area contributed by atoms with E-state index in [0.29, 0.717) is 7.18 Å². The molecule has 0 aliphatic heterocycles. The Morgan fingerprint density at radius 2 is 1.25 bits per heavy atom. The average Bonchev–Trinajstić information content (AvgIpc) is 1.00. The van der Waals surface area contributed by atoms with Crippen molar-refractivity contribution in [3.63, 3.8) is 0 Å². The molecule has 3 heteroatoms. The summed E-state index contributed by atoms with van der Waals surface area (Å²) in [6.45, 7) is 0. The van der Waals surface area contributed by atoms with Crippen LogP contribution in [0.1, 0.15) is 0 Å². The molecule has 0 aliphatic carbocycles. The molecule has 4 heavy (non-hydrogen) atoms. The second kappa shape index (κ2) is 2250. The van der Waals surface area contributed by atoms with Gasteiger partial charge in [-0.15, -0.1) is 0 Å². The summed E-state index contributed by atoms with van der Waals surface area (Å²) in [4.78, 5) is 0. The van der Waals surface area contributed by atoms with Crippen molar-refractivity contribution < 1.29 is 9.09 Å². The summed E-state index contributed by atoms with van der Waals surface area (Å²) in [7, 11) is 0.500. The zero-order chi connectivity index (χ0) is 2.00. The first-order valence-corrected chi connectivity index (χ1v) is 0.378. The standard InChI is InChI=1S/CH3F.FH.H4Si/c1-2;;/h1H3;1H;1H4.